The fraction of sp³-hybridized carbons (Fsp3) is 0.571. The standard InChI is InChI=1S/C14H22N2O3/c1-3-5-8-15-13(17)6-9-16(4-2)14(18)12-7-10-19-11-12/h7,10-11H,3-6,8-9H2,1-2H3,(H,15,17). The molecule has 0 fully saturated rings. The molecule has 0 bridgehead atoms. The van der Waals surface area contributed by atoms with Gasteiger partial charge >= 0.3 is 0 Å². The Labute approximate surface area is 114 Å². The van der Waals surface area contributed by atoms with E-state index in [0.29, 0.717) is 31.6 Å². The summed E-state index contributed by atoms with van der Waals surface area (Å²) in [5, 5.41) is 2.84. The molecule has 0 aliphatic carbocycles. The zero-order valence-electron chi connectivity index (χ0n) is 11.6. The molecule has 1 N–H and O–H groups in total. The van der Waals surface area contributed by atoms with Crippen LogP contribution in [0.5, 0.6) is 0 Å². The monoisotopic (exact) mass is 266 g/mol. The number of hydrogen-bond donors (Lipinski definition) is 1. The molecule has 0 aromatic carbocycles. The van der Waals surface area contributed by atoms with Crippen LogP contribution < -0.4 is 5.32 Å². The van der Waals surface area contributed by atoms with Crippen LogP contribution in [0.1, 0.15) is 43.5 Å². The van der Waals surface area contributed by atoms with Gasteiger partial charge in [0.05, 0.1) is 11.8 Å². The number of rotatable bonds is 8. The van der Waals surface area contributed by atoms with Crippen molar-refractivity contribution in [2.75, 3.05) is 19.6 Å². The molecule has 19 heavy (non-hydrogen) atoms. The van der Waals surface area contributed by atoms with Crippen molar-refractivity contribution in [3.8, 4) is 0 Å². The maximum atomic E-state index is 12.0. The molecule has 2 amide bonds. The number of nitrogens with zero attached hydrogens (tertiary/aromatic N) is 1. The van der Waals surface area contributed by atoms with Gasteiger partial charge < -0.3 is 14.6 Å². The molecule has 0 saturated carbocycles. The van der Waals surface area contributed by atoms with Gasteiger partial charge in [0.15, 0.2) is 0 Å². The van der Waals surface area contributed by atoms with E-state index in [1.807, 2.05) is 6.92 Å². The van der Waals surface area contributed by atoms with E-state index in [9.17, 15) is 9.59 Å². The lowest BCUT2D eigenvalue weighted by atomic mass is 10.2. The normalized spacial score (nSPS) is 10.2. The van der Waals surface area contributed by atoms with Crippen LogP contribution in [-0.4, -0.2) is 36.3 Å². The predicted molar refractivity (Wildman–Crippen MR) is 72.8 cm³/mol. The van der Waals surface area contributed by atoms with Crippen LogP contribution in [0, 0.1) is 0 Å². The first-order chi connectivity index (χ1) is 9.19. The van der Waals surface area contributed by atoms with E-state index in [4.69, 9.17) is 4.42 Å². The van der Waals surface area contributed by atoms with Crippen LogP contribution in [0.25, 0.3) is 0 Å². The van der Waals surface area contributed by atoms with Crippen molar-refractivity contribution < 1.29 is 14.0 Å². The summed E-state index contributed by atoms with van der Waals surface area (Å²) >= 11 is 0. The van der Waals surface area contributed by atoms with Crippen LogP contribution in [-0.2, 0) is 4.79 Å². The molecular formula is C14H22N2O3. The molecule has 1 aromatic rings. The number of unbranched alkanes of at least 4 members (excludes halogenated alkanes) is 1. The molecule has 0 unspecified atom stereocenters. The molecule has 106 valence electrons. The van der Waals surface area contributed by atoms with E-state index in [0.717, 1.165) is 12.8 Å². The summed E-state index contributed by atoms with van der Waals surface area (Å²) in [5.74, 6) is -0.107. The van der Waals surface area contributed by atoms with Gasteiger partial charge in [-0.2, -0.15) is 0 Å². The Balaban J connectivity index is 2.36. The summed E-state index contributed by atoms with van der Waals surface area (Å²) in [6.07, 6.45) is 5.27. The highest BCUT2D eigenvalue weighted by Crippen LogP contribution is 2.06. The molecule has 1 rings (SSSR count). The van der Waals surface area contributed by atoms with Crippen LogP contribution in [0.4, 0.5) is 0 Å². The molecule has 0 aliphatic rings. The topological polar surface area (TPSA) is 62.6 Å². The van der Waals surface area contributed by atoms with E-state index in [1.165, 1.54) is 12.5 Å². The van der Waals surface area contributed by atoms with Gasteiger partial charge in [-0.05, 0) is 19.4 Å². The smallest absolute Gasteiger partial charge is 0.257 e. The Morgan fingerprint density at radius 1 is 1.37 bits per heavy atom. The Bertz CT molecular complexity index is 387. The summed E-state index contributed by atoms with van der Waals surface area (Å²) in [5.41, 5.74) is 0.522. The Kier molecular flexibility index (Phi) is 6.71. The summed E-state index contributed by atoms with van der Waals surface area (Å²) in [4.78, 5) is 25.3. The minimum absolute atomic E-state index is 0.00751. The average molecular weight is 266 g/mol. The minimum atomic E-state index is -0.0994. The van der Waals surface area contributed by atoms with E-state index < -0.39 is 0 Å². The third-order valence-corrected chi connectivity index (χ3v) is 2.90. The molecule has 1 heterocycles. The molecule has 1 aromatic heterocycles. The third-order valence-electron chi connectivity index (χ3n) is 2.90. The highest BCUT2D eigenvalue weighted by molar-refractivity contribution is 5.94. The first kappa shape index (κ1) is 15.3. The van der Waals surface area contributed by atoms with Crippen molar-refractivity contribution >= 4 is 11.8 Å². The predicted octanol–water partition coefficient (Wildman–Crippen LogP) is 2.05. The Morgan fingerprint density at radius 2 is 2.16 bits per heavy atom. The first-order valence-corrected chi connectivity index (χ1v) is 6.77. The molecule has 5 nitrogen and oxygen atoms in total. The van der Waals surface area contributed by atoms with E-state index in [-0.39, 0.29) is 11.8 Å². The van der Waals surface area contributed by atoms with Crippen molar-refractivity contribution in [3.63, 3.8) is 0 Å². The Hall–Kier alpha value is -1.78. The van der Waals surface area contributed by atoms with E-state index in [1.54, 1.807) is 11.0 Å². The lowest BCUT2D eigenvalue weighted by Crippen LogP contribution is -2.35. The number of carbonyl (C=O) groups is 2. The number of hydrogen-bond acceptors (Lipinski definition) is 3. The zero-order valence-corrected chi connectivity index (χ0v) is 11.6. The molecular weight excluding hydrogens is 244 g/mol. The molecule has 0 atom stereocenters. The molecule has 5 heteroatoms. The summed E-state index contributed by atoms with van der Waals surface area (Å²) in [6.45, 7) is 5.68. The van der Waals surface area contributed by atoms with Crippen LogP contribution in [0.3, 0.4) is 0 Å². The lowest BCUT2D eigenvalue weighted by molar-refractivity contribution is -0.121. The van der Waals surface area contributed by atoms with Gasteiger partial charge in [-0.1, -0.05) is 13.3 Å². The van der Waals surface area contributed by atoms with Crippen molar-refractivity contribution in [2.45, 2.75) is 33.1 Å². The zero-order chi connectivity index (χ0) is 14.1. The van der Waals surface area contributed by atoms with Gasteiger partial charge in [-0.15, -0.1) is 0 Å². The van der Waals surface area contributed by atoms with Crippen molar-refractivity contribution in [3.05, 3.63) is 24.2 Å². The quantitative estimate of drug-likeness (QED) is 0.732. The summed E-state index contributed by atoms with van der Waals surface area (Å²) in [7, 11) is 0. The second kappa shape index (κ2) is 8.34. The molecule has 0 saturated heterocycles. The highest BCUT2D eigenvalue weighted by atomic mass is 16.3. The fourth-order valence-electron chi connectivity index (χ4n) is 1.70. The molecule has 0 spiro atoms. The molecule has 0 aliphatic heterocycles. The number of carbonyl (C=O) groups excluding carboxylic acids is 2. The average Bonchev–Trinajstić information content (AvgIpc) is 2.93. The SMILES string of the molecule is CCCCNC(=O)CCN(CC)C(=O)c1ccoc1. The second-order valence-electron chi connectivity index (χ2n) is 4.35. The van der Waals surface area contributed by atoms with Crippen molar-refractivity contribution in [1.82, 2.24) is 10.2 Å². The highest BCUT2D eigenvalue weighted by Gasteiger charge is 2.15. The minimum Gasteiger partial charge on any atom is -0.472 e. The van der Waals surface area contributed by atoms with Gasteiger partial charge in [0.25, 0.3) is 5.91 Å². The number of nitrogens with one attached hydrogen (secondary N) is 1. The van der Waals surface area contributed by atoms with Crippen LogP contribution in [0.2, 0.25) is 0 Å². The summed E-state index contributed by atoms with van der Waals surface area (Å²) in [6, 6.07) is 1.63. The van der Waals surface area contributed by atoms with Crippen LogP contribution >= 0.6 is 0 Å². The lowest BCUT2D eigenvalue weighted by Gasteiger charge is -2.19. The van der Waals surface area contributed by atoms with Crippen LogP contribution in [0.15, 0.2) is 23.0 Å². The second-order valence-corrected chi connectivity index (χ2v) is 4.35. The maximum absolute atomic E-state index is 12.0. The van der Waals surface area contributed by atoms with E-state index >= 15 is 0 Å². The number of furan rings is 1. The van der Waals surface area contributed by atoms with Crippen molar-refractivity contribution in [2.24, 2.45) is 0 Å². The fourth-order valence-corrected chi connectivity index (χ4v) is 1.70. The van der Waals surface area contributed by atoms with Gasteiger partial charge in [0, 0.05) is 26.1 Å². The largest absolute Gasteiger partial charge is 0.472 e. The first-order valence-electron chi connectivity index (χ1n) is 6.77. The van der Waals surface area contributed by atoms with Gasteiger partial charge in [-0.25, -0.2) is 0 Å². The summed E-state index contributed by atoms with van der Waals surface area (Å²) < 4.78 is 4.89. The van der Waals surface area contributed by atoms with Crippen molar-refractivity contribution in [1.29, 1.82) is 0 Å². The van der Waals surface area contributed by atoms with Gasteiger partial charge in [-0.3, -0.25) is 9.59 Å². The third kappa shape index (κ3) is 5.16. The molecule has 0 radical (unpaired) electrons. The van der Waals surface area contributed by atoms with Gasteiger partial charge in [0.2, 0.25) is 5.91 Å². The Morgan fingerprint density at radius 3 is 2.74 bits per heavy atom. The van der Waals surface area contributed by atoms with Gasteiger partial charge in [0.1, 0.15) is 6.26 Å². The maximum Gasteiger partial charge on any atom is 0.257 e. The number of amides is 2. The van der Waals surface area contributed by atoms with E-state index in [2.05, 4.69) is 12.2 Å².